The van der Waals surface area contributed by atoms with Crippen molar-refractivity contribution in [3.8, 4) is 0 Å². The zero-order valence-electron chi connectivity index (χ0n) is 23.4. The van der Waals surface area contributed by atoms with Crippen LogP contribution >= 0.6 is 23.4 Å². The maximum Gasteiger partial charge on any atom is 0.405 e. The summed E-state index contributed by atoms with van der Waals surface area (Å²) >= 11 is 8.01. The fourth-order valence-corrected chi connectivity index (χ4v) is 8.68. The van der Waals surface area contributed by atoms with Gasteiger partial charge in [0.25, 0.3) is 0 Å². The van der Waals surface area contributed by atoms with Crippen LogP contribution in [-0.2, 0) is 19.1 Å². The van der Waals surface area contributed by atoms with Crippen molar-refractivity contribution in [3.63, 3.8) is 0 Å². The van der Waals surface area contributed by atoms with Crippen LogP contribution in [0.5, 0.6) is 0 Å². The molecule has 234 valence electrons. The summed E-state index contributed by atoms with van der Waals surface area (Å²) < 4.78 is 50.4. The zero-order valence-corrected chi connectivity index (χ0v) is 25.0. The van der Waals surface area contributed by atoms with E-state index >= 15 is 0 Å². The molecule has 0 bridgehead atoms. The Morgan fingerprint density at radius 1 is 1.00 bits per heavy atom. The number of ether oxygens (including phenoxy) is 2. The van der Waals surface area contributed by atoms with Crippen LogP contribution in [0.3, 0.4) is 0 Å². The molecule has 5 heterocycles. The Morgan fingerprint density at radius 2 is 1.78 bits per heavy atom. The van der Waals surface area contributed by atoms with E-state index < -0.39 is 31.0 Å². The molecule has 16 heteroatoms. The third-order valence-corrected chi connectivity index (χ3v) is 10.9. The number of piperazine rings is 1. The number of amides is 2. The van der Waals surface area contributed by atoms with E-state index in [9.17, 15) is 22.8 Å². The Hall–Kier alpha value is -0.910. The lowest BCUT2D eigenvalue weighted by Crippen LogP contribution is -2.69. The second kappa shape index (κ2) is 13.0. The fourth-order valence-electron chi connectivity index (χ4n) is 6.98. The topological polar surface area (TPSA) is 128 Å². The molecule has 12 unspecified atom stereocenters. The molecule has 2 amide bonds. The van der Waals surface area contributed by atoms with Crippen molar-refractivity contribution in [2.24, 2.45) is 17.8 Å². The van der Waals surface area contributed by atoms with Gasteiger partial charge in [-0.15, -0.1) is 23.4 Å². The number of piperidine rings is 2. The van der Waals surface area contributed by atoms with Crippen molar-refractivity contribution >= 4 is 35.2 Å². The van der Waals surface area contributed by atoms with Gasteiger partial charge in [0.1, 0.15) is 23.8 Å². The van der Waals surface area contributed by atoms with Crippen LogP contribution < -0.4 is 31.9 Å². The number of carbonyl (C=O) groups excluding carboxylic acids is 2. The number of nitrogens with one attached hydrogen (secondary N) is 6. The van der Waals surface area contributed by atoms with Crippen LogP contribution in [0.2, 0.25) is 0 Å². The predicted molar refractivity (Wildman–Crippen MR) is 148 cm³/mol. The minimum absolute atomic E-state index is 0.0108. The molecule has 5 saturated heterocycles. The second-order valence-corrected chi connectivity index (χ2v) is 13.6. The molecule has 5 rings (SSSR count). The summed E-state index contributed by atoms with van der Waals surface area (Å²) in [5.41, 5.74) is -0.447. The van der Waals surface area contributed by atoms with E-state index in [1.54, 1.807) is 23.8 Å². The molecular formula is C25H41ClF3N7O4S. The van der Waals surface area contributed by atoms with Crippen LogP contribution in [0, 0.1) is 17.8 Å². The summed E-state index contributed by atoms with van der Waals surface area (Å²) in [6.45, 7) is 3.78. The van der Waals surface area contributed by atoms with Crippen LogP contribution in [0.1, 0.15) is 19.8 Å². The number of thioether (sulfide) groups is 1. The molecule has 0 aromatic rings. The Labute approximate surface area is 247 Å². The average molecular weight is 628 g/mol. The second-order valence-electron chi connectivity index (χ2n) is 11.7. The van der Waals surface area contributed by atoms with E-state index in [1.165, 1.54) is 7.11 Å². The molecule has 12 atom stereocenters. The first-order chi connectivity index (χ1) is 19.5. The SMILES string of the molecule is COC1CNC(Cl)CC1C1CC(C)NCC1C(=O)NC1NC2CN(C(=O)C3NCC(C(F)(F)F)NC3OC)CC2S1. The van der Waals surface area contributed by atoms with Crippen LogP contribution in [0.4, 0.5) is 13.2 Å². The maximum atomic E-state index is 13.6. The van der Waals surface area contributed by atoms with E-state index in [2.05, 4.69) is 38.8 Å². The van der Waals surface area contributed by atoms with Gasteiger partial charge in [-0.05, 0) is 31.6 Å². The molecule has 0 spiro atoms. The molecule has 5 aliphatic rings. The summed E-state index contributed by atoms with van der Waals surface area (Å²) in [5, 5.41) is 18.5. The van der Waals surface area contributed by atoms with Crippen LogP contribution in [0.15, 0.2) is 0 Å². The molecule has 0 aliphatic carbocycles. The summed E-state index contributed by atoms with van der Waals surface area (Å²) in [4.78, 5) is 28.5. The van der Waals surface area contributed by atoms with E-state index in [0.29, 0.717) is 26.2 Å². The van der Waals surface area contributed by atoms with Crippen molar-refractivity contribution in [2.75, 3.05) is 46.9 Å². The molecule has 0 aromatic carbocycles. The van der Waals surface area contributed by atoms with E-state index in [-0.39, 0.29) is 64.0 Å². The lowest BCUT2D eigenvalue weighted by Gasteiger charge is -2.45. The predicted octanol–water partition coefficient (Wildman–Crippen LogP) is -0.430. The number of fused-ring (bicyclic) bond motifs is 1. The van der Waals surface area contributed by atoms with Gasteiger partial charge in [-0.3, -0.25) is 25.5 Å². The van der Waals surface area contributed by atoms with Gasteiger partial charge in [0.2, 0.25) is 11.8 Å². The van der Waals surface area contributed by atoms with Gasteiger partial charge in [0.15, 0.2) is 0 Å². The normalized spacial score (nSPS) is 43.5. The summed E-state index contributed by atoms with van der Waals surface area (Å²) in [7, 11) is 2.98. The lowest BCUT2D eigenvalue weighted by atomic mass is 9.70. The molecule has 6 N–H and O–H groups in total. The Bertz CT molecular complexity index is 943. The van der Waals surface area contributed by atoms with Crippen LogP contribution in [-0.4, -0.2) is 123 Å². The molecule has 0 radical (unpaired) electrons. The highest BCUT2D eigenvalue weighted by Crippen LogP contribution is 2.38. The van der Waals surface area contributed by atoms with Gasteiger partial charge in [0.05, 0.1) is 17.5 Å². The summed E-state index contributed by atoms with van der Waals surface area (Å²) in [6, 6.07) is -2.47. The third-order valence-electron chi connectivity index (χ3n) is 9.17. The Morgan fingerprint density at radius 3 is 2.46 bits per heavy atom. The first-order valence-corrected chi connectivity index (χ1v) is 15.6. The quantitative estimate of drug-likeness (QED) is 0.171. The lowest BCUT2D eigenvalue weighted by molar-refractivity contribution is -0.176. The highest BCUT2D eigenvalue weighted by molar-refractivity contribution is 8.00. The van der Waals surface area contributed by atoms with Crippen molar-refractivity contribution in [2.45, 2.75) is 78.7 Å². The van der Waals surface area contributed by atoms with E-state index in [0.717, 1.165) is 12.8 Å². The van der Waals surface area contributed by atoms with Gasteiger partial charge in [0, 0.05) is 64.3 Å². The number of hydrogen-bond donors (Lipinski definition) is 6. The van der Waals surface area contributed by atoms with Crippen molar-refractivity contribution in [1.82, 2.24) is 36.8 Å². The number of halogens is 4. The molecule has 41 heavy (non-hydrogen) atoms. The van der Waals surface area contributed by atoms with Gasteiger partial charge in [-0.1, -0.05) is 0 Å². The number of alkyl halides is 4. The van der Waals surface area contributed by atoms with Gasteiger partial charge < -0.3 is 30.3 Å². The van der Waals surface area contributed by atoms with E-state index in [1.807, 2.05) is 0 Å². The van der Waals surface area contributed by atoms with Gasteiger partial charge >= 0.3 is 6.18 Å². The third kappa shape index (κ3) is 6.93. The average Bonchev–Trinajstić information content (AvgIpc) is 3.50. The van der Waals surface area contributed by atoms with Crippen LogP contribution in [0.25, 0.3) is 0 Å². The number of methoxy groups -OCH3 is 2. The number of rotatable bonds is 6. The van der Waals surface area contributed by atoms with Gasteiger partial charge in [-0.25, -0.2) is 0 Å². The van der Waals surface area contributed by atoms with E-state index in [4.69, 9.17) is 21.1 Å². The monoisotopic (exact) mass is 627 g/mol. The Balaban J connectivity index is 1.15. The number of likely N-dealkylation sites (tertiary alicyclic amines) is 1. The molecule has 0 saturated carbocycles. The number of hydrogen-bond acceptors (Lipinski definition) is 10. The maximum absolute atomic E-state index is 13.6. The minimum atomic E-state index is -4.44. The van der Waals surface area contributed by atoms with Gasteiger partial charge in [-0.2, -0.15) is 13.2 Å². The zero-order chi connectivity index (χ0) is 29.5. The molecular weight excluding hydrogens is 587 g/mol. The fraction of sp³-hybridized carbons (Fsp3) is 0.920. The Kier molecular flexibility index (Phi) is 9.98. The standard InChI is InChI=1S/C25H41ClF3N7O4S/c1-11-4-12(13-5-19(26)31-7-16(13)39-2)14(6-30-11)21(37)35-24-33-15-9-36(10-17(15)41-24)23(38)20-22(40-3)34-18(8-32-20)25(27,28)29/h11-20,22,24,30-34H,4-10H2,1-3H3,(H,35,37). The van der Waals surface area contributed by atoms with Crippen molar-refractivity contribution in [3.05, 3.63) is 0 Å². The number of nitrogens with zero attached hydrogens (tertiary/aromatic N) is 1. The molecule has 5 aliphatic heterocycles. The summed E-state index contributed by atoms with van der Waals surface area (Å²) in [6.07, 6.45) is -3.96. The molecule has 0 aromatic heterocycles. The summed E-state index contributed by atoms with van der Waals surface area (Å²) in [5.74, 6) is -0.266. The number of carbonyl (C=O) groups is 2. The highest BCUT2D eigenvalue weighted by Gasteiger charge is 2.50. The minimum Gasteiger partial charge on any atom is -0.380 e. The van der Waals surface area contributed by atoms with Crippen molar-refractivity contribution in [1.29, 1.82) is 0 Å². The molecule has 11 nitrogen and oxygen atoms in total. The highest BCUT2D eigenvalue weighted by atomic mass is 35.5. The first-order valence-electron chi connectivity index (χ1n) is 14.2. The largest absolute Gasteiger partial charge is 0.405 e. The van der Waals surface area contributed by atoms with Crippen molar-refractivity contribution < 1.29 is 32.2 Å². The smallest absolute Gasteiger partial charge is 0.380 e. The molecule has 5 fully saturated rings. The first kappa shape index (κ1) is 31.5.